The molecule has 0 saturated heterocycles. The van der Waals surface area contributed by atoms with E-state index in [2.05, 4.69) is 91.0 Å². The summed E-state index contributed by atoms with van der Waals surface area (Å²) in [5.74, 6) is 0. The zero-order valence-corrected chi connectivity index (χ0v) is 19.5. The molecule has 3 aromatic rings. The predicted molar refractivity (Wildman–Crippen MR) is 121 cm³/mol. The predicted octanol–water partition coefficient (Wildman–Crippen LogP) is 2.52. The van der Waals surface area contributed by atoms with Gasteiger partial charge in [-0.15, -0.1) is 0 Å². The van der Waals surface area contributed by atoms with Gasteiger partial charge in [-0.25, -0.2) is 0 Å². The van der Waals surface area contributed by atoms with Crippen LogP contribution in [-0.2, 0) is 45.0 Å². The van der Waals surface area contributed by atoms with Gasteiger partial charge in [0.25, 0.3) is 0 Å². The van der Waals surface area contributed by atoms with E-state index in [0.29, 0.717) is 0 Å². The SMILES string of the molecule is C=O.C=O.C=O.C=O.C=O.[Mo].c1ccc(P(c2ccccc2)c2ccccc2)cc1. The molecule has 0 N–H and O–H groups in total. The van der Waals surface area contributed by atoms with Crippen LogP contribution < -0.4 is 15.9 Å². The average Bonchev–Trinajstić information content (AvgIpc) is 2.88. The average molecular weight is 508 g/mol. The fourth-order valence-corrected chi connectivity index (χ4v) is 4.48. The normalized spacial score (nSPS) is 7.37. The van der Waals surface area contributed by atoms with Gasteiger partial charge in [-0.3, -0.25) is 0 Å². The molecule has 0 fully saturated rings. The number of carbonyl (C=O) groups is 5. The third-order valence-electron chi connectivity index (χ3n) is 3.04. The molecule has 3 rings (SSSR count). The van der Waals surface area contributed by atoms with E-state index in [9.17, 15) is 0 Å². The molecule has 0 aliphatic carbocycles. The van der Waals surface area contributed by atoms with Crippen LogP contribution in [0.25, 0.3) is 0 Å². The standard InChI is InChI=1S/C18H15P.5CH2O.Mo/c1-4-10-16(11-5-1)19(17-12-6-2-7-13-17)18-14-8-3-9-15-18;5*1-2;/h1-15H;5*1H2;. The third-order valence-corrected chi connectivity index (χ3v) is 5.49. The third kappa shape index (κ3) is 13.3. The molecule has 0 atom stereocenters. The Bertz CT molecular complexity index is 612. The maximum Gasteiger partial charge on any atom is 0.106 e. The van der Waals surface area contributed by atoms with E-state index >= 15 is 0 Å². The topological polar surface area (TPSA) is 85.3 Å². The monoisotopic (exact) mass is 510 g/mol. The van der Waals surface area contributed by atoms with Crippen molar-refractivity contribution in [3.63, 3.8) is 0 Å². The van der Waals surface area contributed by atoms with Crippen molar-refractivity contribution in [3.8, 4) is 0 Å². The van der Waals surface area contributed by atoms with Crippen molar-refractivity contribution < 1.29 is 45.0 Å². The molecule has 0 saturated carbocycles. The Labute approximate surface area is 193 Å². The molecule has 3 aromatic carbocycles. The maximum atomic E-state index is 8.00. The van der Waals surface area contributed by atoms with Gasteiger partial charge >= 0.3 is 0 Å². The Morgan fingerprint density at radius 3 is 0.700 bits per heavy atom. The van der Waals surface area contributed by atoms with Crippen molar-refractivity contribution >= 4 is 57.8 Å². The van der Waals surface area contributed by atoms with Crippen LogP contribution in [0.1, 0.15) is 0 Å². The number of hydrogen-bond acceptors (Lipinski definition) is 5. The van der Waals surface area contributed by atoms with Gasteiger partial charge in [0, 0.05) is 21.1 Å². The second-order valence-electron chi connectivity index (χ2n) is 4.34. The summed E-state index contributed by atoms with van der Waals surface area (Å²) in [4.78, 5) is 40.0. The summed E-state index contributed by atoms with van der Waals surface area (Å²) in [5, 5.41) is 4.19. The van der Waals surface area contributed by atoms with Crippen molar-refractivity contribution in [2.45, 2.75) is 0 Å². The first-order valence-electron chi connectivity index (χ1n) is 7.85. The molecule has 0 aromatic heterocycles. The van der Waals surface area contributed by atoms with Gasteiger partial charge in [-0.1, -0.05) is 91.0 Å². The van der Waals surface area contributed by atoms with Gasteiger partial charge in [0.05, 0.1) is 0 Å². The first-order valence-corrected chi connectivity index (χ1v) is 9.19. The minimum Gasteiger partial charge on any atom is -0.307 e. The molecule has 7 heteroatoms. The molecule has 5 nitrogen and oxygen atoms in total. The molecule has 0 heterocycles. The molecule has 0 spiro atoms. The van der Waals surface area contributed by atoms with E-state index in [4.69, 9.17) is 24.0 Å². The van der Waals surface area contributed by atoms with Crippen LogP contribution in [0.3, 0.4) is 0 Å². The molecular formula is C23H25MoO5P. The zero-order chi connectivity index (χ0) is 22.9. The summed E-state index contributed by atoms with van der Waals surface area (Å²) in [6, 6.07) is 32.3. The Morgan fingerprint density at radius 1 is 0.367 bits per heavy atom. The van der Waals surface area contributed by atoms with Gasteiger partial charge in [-0.2, -0.15) is 0 Å². The van der Waals surface area contributed by atoms with Crippen molar-refractivity contribution in [3.05, 3.63) is 91.0 Å². The molecule has 0 bridgehead atoms. The summed E-state index contributed by atoms with van der Waals surface area (Å²) in [7, 11) is -0.446. The number of carbonyl (C=O) groups excluding carboxylic acids is 5. The molecule has 0 amide bonds. The summed E-state index contributed by atoms with van der Waals surface area (Å²) in [5.41, 5.74) is 0. The van der Waals surface area contributed by atoms with Crippen LogP contribution >= 0.6 is 7.92 Å². The quantitative estimate of drug-likeness (QED) is 0.401. The van der Waals surface area contributed by atoms with Crippen molar-refractivity contribution in [1.29, 1.82) is 0 Å². The summed E-state index contributed by atoms with van der Waals surface area (Å²) in [6.07, 6.45) is 0. The molecule has 0 aliphatic heterocycles. The van der Waals surface area contributed by atoms with E-state index in [0.717, 1.165) is 0 Å². The zero-order valence-electron chi connectivity index (χ0n) is 16.6. The Hall–Kier alpha value is -2.87. The van der Waals surface area contributed by atoms with Crippen LogP contribution in [0.4, 0.5) is 0 Å². The van der Waals surface area contributed by atoms with Crippen LogP contribution in [-0.4, -0.2) is 33.9 Å². The molecule has 158 valence electrons. The van der Waals surface area contributed by atoms with Gasteiger partial charge in [0.1, 0.15) is 33.9 Å². The van der Waals surface area contributed by atoms with Crippen LogP contribution in [0, 0.1) is 0 Å². The van der Waals surface area contributed by atoms with Crippen LogP contribution in [0.15, 0.2) is 91.0 Å². The number of hydrogen-bond donors (Lipinski definition) is 0. The molecule has 0 unspecified atom stereocenters. The first-order chi connectivity index (χ1) is 14.4. The summed E-state index contributed by atoms with van der Waals surface area (Å²) < 4.78 is 0. The second-order valence-corrected chi connectivity index (χ2v) is 6.56. The molecule has 0 radical (unpaired) electrons. The summed E-state index contributed by atoms with van der Waals surface area (Å²) in [6.45, 7) is 10.0. The fourth-order valence-electron chi connectivity index (χ4n) is 2.18. The van der Waals surface area contributed by atoms with Gasteiger partial charge in [0.2, 0.25) is 0 Å². The van der Waals surface area contributed by atoms with E-state index in [1.54, 1.807) is 0 Å². The van der Waals surface area contributed by atoms with Gasteiger partial charge < -0.3 is 24.0 Å². The van der Waals surface area contributed by atoms with E-state index in [1.807, 2.05) is 33.9 Å². The first kappa shape index (κ1) is 34.6. The number of rotatable bonds is 3. The van der Waals surface area contributed by atoms with E-state index in [1.165, 1.54) is 15.9 Å². The van der Waals surface area contributed by atoms with Crippen molar-refractivity contribution in [1.82, 2.24) is 0 Å². The van der Waals surface area contributed by atoms with Crippen molar-refractivity contribution in [2.75, 3.05) is 0 Å². The van der Waals surface area contributed by atoms with E-state index < -0.39 is 7.92 Å². The van der Waals surface area contributed by atoms with Crippen LogP contribution in [0.2, 0.25) is 0 Å². The molecule has 0 aliphatic rings. The Morgan fingerprint density at radius 2 is 0.533 bits per heavy atom. The smallest absolute Gasteiger partial charge is 0.106 e. The molecule has 30 heavy (non-hydrogen) atoms. The molecular weight excluding hydrogens is 483 g/mol. The minimum atomic E-state index is -0.446. The van der Waals surface area contributed by atoms with Crippen LogP contribution in [0.5, 0.6) is 0 Å². The maximum absolute atomic E-state index is 8.00. The van der Waals surface area contributed by atoms with E-state index in [-0.39, 0.29) is 21.1 Å². The fraction of sp³-hybridized carbons (Fsp3) is 0. The Kier molecular flexibility index (Phi) is 32.7. The largest absolute Gasteiger partial charge is 0.307 e. The van der Waals surface area contributed by atoms with Crippen molar-refractivity contribution in [2.24, 2.45) is 0 Å². The number of benzene rings is 3. The van der Waals surface area contributed by atoms with Gasteiger partial charge in [0.15, 0.2) is 0 Å². The Balaban J connectivity index is -0.000000271. The summed E-state index contributed by atoms with van der Waals surface area (Å²) >= 11 is 0. The van der Waals surface area contributed by atoms with Gasteiger partial charge in [-0.05, 0) is 23.8 Å². The minimum absolute atomic E-state index is 0. The second kappa shape index (κ2) is 28.3.